The number of H-pyrrole nitrogens is 1. The Morgan fingerprint density at radius 3 is 2.74 bits per heavy atom. The van der Waals surface area contributed by atoms with Crippen molar-refractivity contribution >= 4 is 39.0 Å². The van der Waals surface area contributed by atoms with Crippen LogP contribution in [0.4, 0.5) is 0 Å². The fourth-order valence-corrected chi connectivity index (χ4v) is 2.92. The molecule has 0 atom stereocenters. The summed E-state index contributed by atoms with van der Waals surface area (Å²) in [4.78, 5) is 16.6. The van der Waals surface area contributed by atoms with Gasteiger partial charge in [-0.3, -0.25) is 9.89 Å². The van der Waals surface area contributed by atoms with Crippen molar-refractivity contribution in [2.24, 2.45) is 5.10 Å². The number of carbonyl (C=O) groups excluding carboxylic acids is 1. The van der Waals surface area contributed by atoms with Crippen molar-refractivity contribution in [3.05, 3.63) is 82.6 Å². The quantitative estimate of drug-likeness (QED) is 0.384. The molecule has 0 bridgehead atoms. The molecule has 0 spiro atoms. The lowest BCUT2D eigenvalue weighted by Gasteiger charge is -2.02. The molecule has 6 nitrogen and oxygen atoms in total. The Morgan fingerprint density at radius 1 is 1.07 bits per heavy atom. The van der Waals surface area contributed by atoms with E-state index < -0.39 is 0 Å². The third-order valence-electron chi connectivity index (χ3n) is 4.00. The minimum absolute atomic E-state index is 0.311. The number of fused-ring (bicyclic) bond motifs is 1. The summed E-state index contributed by atoms with van der Waals surface area (Å²) in [5, 5.41) is 12.0. The van der Waals surface area contributed by atoms with E-state index in [0.29, 0.717) is 5.69 Å². The number of hydrogen-bond donors (Lipinski definition) is 2. The number of halogens is 1. The lowest BCUT2D eigenvalue weighted by atomic mass is 10.1. The molecule has 0 radical (unpaired) electrons. The number of hydrazone groups is 1. The highest BCUT2D eigenvalue weighted by Crippen LogP contribution is 2.22. The Balaban J connectivity index is 1.50. The Hall–Kier alpha value is -3.32. The molecule has 2 aromatic carbocycles. The van der Waals surface area contributed by atoms with Crippen molar-refractivity contribution in [3.63, 3.8) is 0 Å². The van der Waals surface area contributed by atoms with Crippen molar-refractivity contribution in [2.45, 2.75) is 0 Å². The van der Waals surface area contributed by atoms with E-state index in [-0.39, 0.29) is 5.91 Å². The van der Waals surface area contributed by atoms with Gasteiger partial charge in [-0.25, -0.2) is 10.4 Å². The largest absolute Gasteiger partial charge is 0.289 e. The van der Waals surface area contributed by atoms with Crippen molar-refractivity contribution in [1.29, 1.82) is 0 Å². The number of pyridine rings is 1. The van der Waals surface area contributed by atoms with Crippen LogP contribution in [0.15, 0.2) is 76.4 Å². The first-order valence-corrected chi connectivity index (χ1v) is 8.98. The van der Waals surface area contributed by atoms with E-state index in [1.807, 2.05) is 54.6 Å². The van der Waals surface area contributed by atoms with E-state index in [9.17, 15) is 4.79 Å². The molecule has 0 fully saturated rings. The average molecular weight is 420 g/mol. The number of carbonyl (C=O) groups is 1. The van der Waals surface area contributed by atoms with Crippen LogP contribution in [0, 0.1) is 0 Å². The van der Waals surface area contributed by atoms with Crippen molar-refractivity contribution in [3.8, 4) is 11.3 Å². The number of aromatic amines is 1. The van der Waals surface area contributed by atoms with Gasteiger partial charge in [0.15, 0.2) is 0 Å². The predicted molar refractivity (Wildman–Crippen MR) is 109 cm³/mol. The molecule has 0 aliphatic carbocycles. The molecule has 0 saturated heterocycles. The Labute approximate surface area is 163 Å². The second kappa shape index (κ2) is 7.51. The summed E-state index contributed by atoms with van der Waals surface area (Å²) >= 11 is 3.42. The molecule has 132 valence electrons. The number of nitrogens with zero attached hydrogens (tertiary/aromatic N) is 3. The molecule has 0 aliphatic rings. The van der Waals surface area contributed by atoms with E-state index in [1.54, 1.807) is 18.5 Å². The first kappa shape index (κ1) is 17.1. The molecular formula is C20H14BrN5O. The Morgan fingerprint density at radius 2 is 1.89 bits per heavy atom. The molecule has 2 aromatic heterocycles. The fourth-order valence-electron chi connectivity index (χ4n) is 2.65. The summed E-state index contributed by atoms with van der Waals surface area (Å²) in [6.07, 6.45) is 3.21. The van der Waals surface area contributed by atoms with Gasteiger partial charge in [0, 0.05) is 21.0 Å². The number of aromatic nitrogens is 3. The Bertz CT molecular complexity index is 1130. The lowest BCUT2D eigenvalue weighted by molar-refractivity contribution is 0.0950. The van der Waals surface area contributed by atoms with Crippen LogP contribution in [0.25, 0.3) is 22.2 Å². The average Bonchev–Trinajstić information content (AvgIpc) is 3.16. The summed E-state index contributed by atoms with van der Waals surface area (Å²) in [6, 6.07) is 19.0. The molecule has 2 heterocycles. The zero-order valence-electron chi connectivity index (χ0n) is 14.1. The molecule has 27 heavy (non-hydrogen) atoms. The summed E-state index contributed by atoms with van der Waals surface area (Å²) < 4.78 is 0.996. The maximum absolute atomic E-state index is 12.3. The van der Waals surface area contributed by atoms with Gasteiger partial charge in [-0.2, -0.15) is 10.2 Å². The number of benzene rings is 2. The molecule has 1 amide bonds. The van der Waals surface area contributed by atoms with Crippen LogP contribution in [0.1, 0.15) is 16.1 Å². The van der Waals surface area contributed by atoms with Crippen LogP contribution in [0.5, 0.6) is 0 Å². The molecule has 4 aromatic rings. The molecule has 2 N–H and O–H groups in total. The van der Waals surface area contributed by atoms with Gasteiger partial charge in [-0.05, 0) is 24.3 Å². The highest BCUT2D eigenvalue weighted by molar-refractivity contribution is 9.10. The second-order valence-corrected chi connectivity index (χ2v) is 6.71. The third kappa shape index (κ3) is 3.78. The van der Waals surface area contributed by atoms with Gasteiger partial charge >= 0.3 is 0 Å². The van der Waals surface area contributed by atoms with Crippen LogP contribution in [-0.4, -0.2) is 27.3 Å². The van der Waals surface area contributed by atoms with Crippen molar-refractivity contribution in [2.75, 3.05) is 0 Å². The first-order chi connectivity index (χ1) is 13.2. The van der Waals surface area contributed by atoms with Gasteiger partial charge in [0.1, 0.15) is 5.69 Å². The van der Waals surface area contributed by atoms with Gasteiger partial charge < -0.3 is 0 Å². The van der Waals surface area contributed by atoms with Crippen LogP contribution >= 0.6 is 15.9 Å². The van der Waals surface area contributed by atoms with Crippen molar-refractivity contribution < 1.29 is 4.79 Å². The van der Waals surface area contributed by atoms with Gasteiger partial charge in [0.05, 0.1) is 23.6 Å². The van der Waals surface area contributed by atoms with Crippen LogP contribution in [-0.2, 0) is 0 Å². The number of nitrogens with one attached hydrogen (secondary N) is 2. The molecule has 0 aliphatic heterocycles. The van der Waals surface area contributed by atoms with E-state index in [2.05, 4.69) is 41.6 Å². The van der Waals surface area contributed by atoms with E-state index in [1.165, 1.54) is 0 Å². The standard InChI is InChI=1S/C20H14BrN5O/c21-16-8-5-14(6-9-16)19-15(11-22-25-19)12-23-26-20(27)18-10-7-13-3-1-2-4-17(13)24-18/h1-12H,(H,22,25)(H,26,27)/b23-12+. The van der Waals surface area contributed by atoms with Gasteiger partial charge in [-0.1, -0.05) is 52.3 Å². The fraction of sp³-hybridized carbons (Fsp3) is 0. The number of rotatable bonds is 4. The molecule has 4 rings (SSSR count). The SMILES string of the molecule is O=C(N/N=C/c1cn[nH]c1-c1ccc(Br)cc1)c1ccc2ccccc2n1. The second-order valence-electron chi connectivity index (χ2n) is 5.80. The van der Waals surface area contributed by atoms with Gasteiger partial charge in [0.25, 0.3) is 5.91 Å². The molecule has 7 heteroatoms. The minimum Gasteiger partial charge on any atom is -0.277 e. The number of amides is 1. The monoisotopic (exact) mass is 419 g/mol. The Kier molecular flexibility index (Phi) is 4.76. The zero-order valence-corrected chi connectivity index (χ0v) is 15.6. The van der Waals surface area contributed by atoms with Crippen LogP contribution < -0.4 is 5.43 Å². The minimum atomic E-state index is -0.370. The zero-order chi connectivity index (χ0) is 18.6. The molecule has 0 unspecified atom stereocenters. The summed E-state index contributed by atoms with van der Waals surface area (Å²) in [6.45, 7) is 0. The molecular weight excluding hydrogens is 406 g/mol. The maximum Gasteiger partial charge on any atom is 0.289 e. The topological polar surface area (TPSA) is 83.0 Å². The highest BCUT2D eigenvalue weighted by Gasteiger charge is 2.08. The molecule has 0 saturated carbocycles. The normalized spacial score (nSPS) is 11.1. The van der Waals surface area contributed by atoms with E-state index in [4.69, 9.17) is 0 Å². The lowest BCUT2D eigenvalue weighted by Crippen LogP contribution is -2.18. The maximum atomic E-state index is 12.3. The van der Waals surface area contributed by atoms with Crippen LogP contribution in [0.2, 0.25) is 0 Å². The van der Waals surface area contributed by atoms with E-state index in [0.717, 1.165) is 32.2 Å². The summed E-state index contributed by atoms with van der Waals surface area (Å²) in [7, 11) is 0. The van der Waals surface area contributed by atoms with Crippen molar-refractivity contribution in [1.82, 2.24) is 20.6 Å². The van der Waals surface area contributed by atoms with E-state index >= 15 is 0 Å². The number of para-hydroxylation sites is 1. The summed E-state index contributed by atoms with van der Waals surface area (Å²) in [5.41, 5.74) is 6.15. The van der Waals surface area contributed by atoms with Gasteiger partial charge in [-0.15, -0.1) is 0 Å². The third-order valence-corrected chi connectivity index (χ3v) is 4.53. The van der Waals surface area contributed by atoms with Gasteiger partial charge in [0.2, 0.25) is 0 Å². The smallest absolute Gasteiger partial charge is 0.277 e. The summed E-state index contributed by atoms with van der Waals surface area (Å²) in [5.74, 6) is -0.370. The predicted octanol–water partition coefficient (Wildman–Crippen LogP) is 4.15. The highest BCUT2D eigenvalue weighted by atomic mass is 79.9. The first-order valence-electron chi connectivity index (χ1n) is 8.19. The van der Waals surface area contributed by atoms with Crippen LogP contribution in [0.3, 0.4) is 0 Å². The number of hydrogen-bond acceptors (Lipinski definition) is 4.